The maximum Gasteiger partial charge on any atom is 0.277 e. The number of carbonyl (C=O) groups excluding carboxylic acids is 1. The first-order valence-electron chi connectivity index (χ1n) is 9.32. The fraction of sp³-hybridized carbons (Fsp3) is 0.381. The number of hydrogen-bond acceptors (Lipinski definition) is 6. The first-order valence-corrected chi connectivity index (χ1v) is 10.3. The van der Waals surface area contributed by atoms with E-state index < -0.39 is 0 Å². The van der Waals surface area contributed by atoms with Crippen LogP contribution in [0, 0.1) is 20.8 Å². The van der Waals surface area contributed by atoms with Crippen molar-refractivity contribution in [3.05, 3.63) is 58.7 Å². The van der Waals surface area contributed by atoms with Crippen LogP contribution in [0.5, 0.6) is 5.75 Å². The molecule has 0 saturated carbocycles. The van der Waals surface area contributed by atoms with Crippen molar-refractivity contribution in [2.24, 2.45) is 0 Å². The minimum atomic E-state index is 0.0659. The molecule has 0 aliphatic rings. The summed E-state index contributed by atoms with van der Waals surface area (Å²) in [6.45, 7) is 9.28. The Balaban J connectivity index is 1.55. The molecule has 0 fully saturated rings. The number of aromatic nitrogens is 3. The molecule has 3 aromatic rings. The van der Waals surface area contributed by atoms with Crippen LogP contribution in [-0.2, 0) is 13.2 Å². The maximum absolute atomic E-state index is 12.6. The Morgan fingerprint density at radius 1 is 1.21 bits per heavy atom. The van der Waals surface area contributed by atoms with Crippen LogP contribution < -0.4 is 4.74 Å². The van der Waals surface area contributed by atoms with Gasteiger partial charge in [-0.05, 0) is 51.0 Å². The highest BCUT2D eigenvalue weighted by molar-refractivity contribution is 7.99. The van der Waals surface area contributed by atoms with E-state index in [2.05, 4.69) is 21.7 Å². The lowest BCUT2D eigenvalue weighted by molar-refractivity contribution is 0.102. The fourth-order valence-electron chi connectivity index (χ4n) is 3.06. The number of rotatable bonds is 9. The number of aryl methyl sites for hydroxylation is 2. The maximum atomic E-state index is 12.6. The minimum absolute atomic E-state index is 0.0659. The second-order valence-electron chi connectivity index (χ2n) is 6.72. The number of ketones is 1. The Morgan fingerprint density at radius 3 is 2.79 bits per heavy atom. The summed E-state index contributed by atoms with van der Waals surface area (Å²) in [6.07, 6.45) is 1.04. The van der Waals surface area contributed by atoms with Gasteiger partial charge >= 0.3 is 0 Å². The van der Waals surface area contributed by atoms with Crippen molar-refractivity contribution < 1.29 is 13.9 Å². The van der Waals surface area contributed by atoms with Crippen LogP contribution in [0.4, 0.5) is 0 Å². The Morgan fingerprint density at radius 2 is 2.04 bits per heavy atom. The van der Waals surface area contributed by atoms with Crippen molar-refractivity contribution in [1.29, 1.82) is 0 Å². The number of benzene rings is 1. The summed E-state index contributed by atoms with van der Waals surface area (Å²) in [4.78, 5) is 12.6. The van der Waals surface area contributed by atoms with Gasteiger partial charge in [0.05, 0.1) is 5.75 Å². The van der Waals surface area contributed by atoms with Gasteiger partial charge in [0.25, 0.3) is 11.1 Å². The average molecular weight is 400 g/mol. The van der Waals surface area contributed by atoms with Gasteiger partial charge in [0.15, 0.2) is 12.4 Å². The van der Waals surface area contributed by atoms with Crippen LogP contribution in [0.25, 0.3) is 0 Å². The lowest BCUT2D eigenvalue weighted by Gasteiger charge is -2.07. The van der Waals surface area contributed by atoms with Crippen LogP contribution in [0.2, 0.25) is 0 Å². The molecule has 0 atom stereocenters. The van der Waals surface area contributed by atoms with E-state index in [4.69, 9.17) is 9.15 Å². The van der Waals surface area contributed by atoms with Crippen molar-refractivity contribution in [3.63, 3.8) is 0 Å². The zero-order valence-electron chi connectivity index (χ0n) is 16.7. The Hall–Kier alpha value is -2.54. The van der Waals surface area contributed by atoms with Gasteiger partial charge in [-0.3, -0.25) is 4.79 Å². The highest BCUT2D eigenvalue weighted by atomic mass is 32.2. The third-order valence-corrected chi connectivity index (χ3v) is 5.27. The van der Waals surface area contributed by atoms with Crippen LogP contribution in [0.3, 0.4) is 0 Å². The highest BCUT2D eigenvalue weighted by Crippen LogP contribution is 2.22. The molecule has 0 aliphatic carbocycles. The van der Waals surface area contributed by atoms with Gasteiger partial charge in [-0.15, -0.1) is 10.2 Å². The summed E-state index contributed by atoms with van der Waals surface area (Å²) in [5.41, 5.74) is 4.01. The van der Waals surface area contributed by atoms with E-state index in [9.17, 15) is 4.79 Å². The van der Waals surface area contributed by atoms with Gasteiger partial charge in [-0.1, -0.05) is 30.8 Å². The van der Waals surface area contributed by atoms with Gasteiger partial charge in [0, 0.05) is 23.5 Å². The Labute approximate surface area is 169 Å². The van der Waals surface area contributed by atoms with Crippen molar-refractivity contribution in [2.75, 3.05) is 5.75 Å². The molecule has 0 unspecified atom stereocenters. The SMILES string of the molecule is CCCn1c(C)cc(C(=O)CSc2nnc(COc3cccc(C)c3)o2)c1C. The molecule has 0 amide bonds. The molecule has 0 saturated heterocycles. The van der Waals surface area contributed by atoms with Gasteiger partial charge in [-0.25, -0.2) is 0 Å². The molecule has 6 nitrogen and oxygen atoms in total. The van der Waals surface area contributed by atoms with Crippen LogP contribution in [-0.4, -0.2) is 26.3 Å². The Bertz CT molecular complexity index is 962. The quantitative estimate of drug-likeness (QED) is 0.382. The Kier molecular flexibility index (Phi) is 6.57. The molecule has 2 aromatic heterocycles. The van der Waals surface area contributed by atoms with Crippen LogP contribution in [0.1, 0.15) is 46.5 Å². The number of nitrogens with zero attached hydrogens (tertiary/aromatic N) is 3. The number of carbonyl (C=O) groups is 1. The van der Waals surface area contributed by atoms with E-state index in [1.807, 2.05) is 51.1 Å². The molecule has 3 rings (SSSR count). The van der Waals surface area contributed by atoms with E-state index in [0.717, 1.165) is 41.2 Å². The summed E-state index contributed by atoms with van der Waals surface area (Å²) in [6, 6.07) is 9.73. The summed E-state index contributed by atoms with van der Waals surface area (Å²) in [7, 11) is 0. The van der Waals surface area contributed by atoms with E-state index >= 15 is 0 Å². The number of Topliss-reactive ketones (excluding diaryl/α,β-unsaturated/α-hetero) is 1. The summed E-state index contributed by atoms with van der Waals surface area (Å²) in [5, 5.41) is 8.36. The van der Waals surface area contributed by atoms with E-state index in [-0.39, 0.29) is 18.1 Å². The van der Waals surface area contributed by atoms with Crippen LogP contribution in [0.15, 0.2) is 40.0 Å². The third kappa shape index (κ3) is 4.84. The second kappa shape index (κ2) is 9.10. The monoisotopic (exact) mass is 399 g/mol. The molecule has 0 spiro atoms. The summed E-state index contributed by atoms with van der Waals surface area (Å²) < 4.78 is 13.4. The lowest BCUT2D eigenvalue weighted by atomic mass is 10.2. The summed E-state index contributed by atoms with van der Waals surface area (Å²) in [5.74, 6) is 1.47. The largest absolute Gasteiger partial charge is 0.484 e. The number of ether oxygens (including phenoxy) is 1. The standard InChI is InChI=1S/C21H25N3O3S/c1-5-9-24-15(3)11-18(16(24)4)19(25)13-28-21-23-22-20(27-21)12-26-17-8-6-7-14(2)10-17/h6-8,10-11H,5,9,12-13H2,1-4H3. The molecule has 148 valence electrons. The first kappa shape index (κ1) is 20.2. The zero-order valence-corrected chi connectivity index (χ0v) is 17.5. The lowest BCUT2D eigenvalue weighted by Crippen LogP contribution is -2.06. The molecule has 0 aliphatic heterocycles. The smallest absolute Gasteiger partial charge is 0.277 e. The number of hydrogen-bond donors (Lipinski definition) is 0. The topological polar surface area (TPSA) is 70.2 Å². The average Bonchev–Trinajstić information content (AvgIpc) is 3.24. The van der Waals surface area contributed by atoms with Crippen molar-refractivity contribution >= 4 is 17.5 Å². The van der Waals surface area contributed by atoms with Crippen molar-refractivity contribution in [3.8, 4) is 5.75 Å². The molecule has 1 aromatic carbocycles. The number of thioether (sulfide) groups is 1. The molecule has 0 N–H and O–H groups in total. The van der Waals surface area contributed by atoms with Crippen molar-refractivity contribution in [1.82, 2.24) is 14.8 Å². The zero-order chi connectivity index (χ0) is 20.1. The van der Waals surface area contributed by atoms with Crippen molar-refractivity contribution in [2.45, 2.75) is 52.5 Å². The molecule has 0 bridgehead atoms. The normalized spacial score (nSPS) is 11.0. The minimum Gasteiger partial charge on any atom is -0.484 e. The molecule has 0 radical (unpaired) electrons. The second-order valence-corrected chi connectivity index (χ2v) is 7.64. The van der Waals surface area contributed by atoms with E-state index in [0.29, 0.717) is 11.1 Å². The van der Waals surface area contributed by atoms with Gasteiger partial charge in [-0.2, -0.15) is 0 Å². The summed E-state index contributed by atoms with van der Waals surface area (Å²) >= 11 is 1.25. The van der Waals surface area contributed by atoms with Crippen LogP contribution >= 0.6 is 11.8 Å². The fourth-order valence-corrected chi connectivity index (χ4v) is 3.72. The predicted molar refractivity (Wildman–Crippen MR) is 109 cm³/mol. The van der Waals surface area contributed by atoms with Gasteiger partial charge in [0.1, 0.15) is 5.75 Å². The molecule has 28 heavy (non-hydrogen) atoms. The first-order chi connectivity index (χ1) is 13.5. The van der Waals surface area contributed by atoms with Gasteiger partial charge < -0.3 is 13.7 Å². The molecular weight excluding hydrogens is 374 g/mol. The van der Waals surface area contributed by atoms with E-state index in [1.165, 1.54) is 11.8 Å². The molecule has 2 heterocycles. The van der Waals surface area contributed by atoms with E-state index in [1.54, 1.807) is 0 Å². The highest BCUT2D eigenvalue weighted by Gasteiger charge is 2.17. The third-order valence-electron chi connectivity index (χ3n) is 4.45. The van der Waals surface area contributed by atoms with Gasteiger partial charge in [0.2, 0.25) is 0 Å². The predicted octanol–water partition coefficient (Wildman–Crippen LogP) is 4.76. The molecular formula is C21H25N3O3S. The molecule has 7 heteroatoms.